The minimum absolute atomic E-state index is 0.878. The van der Waals surface area contributed by atoms with Crippen LogP contribution in [0.2, 0.25) is 0 Å². The van der Waals surface area contributed by atoms with Gasteiger partial charge in [-0.2, -0.15) is 0 Å². The molecule has 2 nitrogen and oxygen atoms in total. The van der Waals surface area contributed by atoms with Gasteiger partial charge in [0.25, 0.3) is 0 Å². The maximum Gasteiger partial charge on any atom is 0.0593 e. The summed E-state index contributed by atoms with van der Waals surface area (Å²) in [7, 11) is 4.16. The lowest BCUT2D eigenvalue weighted by Gasteiger charge is -2.09. The van der Waals surface area contributed by atoms with Crippen molar-refractivity contribution >= 4 is 0 Å². The SMILES string of the molecule is CCCCCCCCCOCCN(C)C. The van der Waals surface area contributed by atoms with Gasteiger partial charge in [-0.15, -0.1) is 0 Å². The van der Waals surface area contributed by atoms with Crippen LogP contribution in [0.5, 0.6) is 0 Å². The van der Waals surface area contributed by atoms with Crippen LogP contribution >= 0.6 is 0 Å². The van der Waals surface area contributed by atoms with Crippen LogP contribution < -0.4 is 0 Å². The maximum absolute atomic E-state index is 5.53. The summed E-state index contributed by atoms with van der Waals surface area (Å²) in [5.74, 6) is 0. The first-order valence-electron chi connectivity index (χ1n) is 6.50. The van der Waals surface area contributed by atoms with Crippen molar-refractivity contribution in [2.45, 2.75) is 51.9 Å². The number of likely N-dealkylation sites (N-methyl/N-ethyl adjacent to an activating group) is 1. The topological polar surface area (TPSA) is 12.5 Å². The monoisotopic (exact) mass is 215 g/mol. The third-order valence-electron chi connectivity index (χ3n) is 2.58. The number of nitrogens with zero attached hydrogens (tertiary/aromatic N) is 1. The molecule has 0 fully saturated rings. The highest BCUT2D eigenvalue weighted by atomic mass is 16.5. The summed E-state index contributed by atoms with van der Waals surface area (Å²) < 4.78 is 5.53. The van der Waals surface area contributed by atoms with Crippen molar-refractivity contribution in [3.8, 4) is 0 Å². The zero-order valence-corrected chi connectivity index (χ0v) is 10.9. The molecule has 0 atom stereocenters. The first-order chi connectivity index (χ1) is 7.27. The van der Waals surface area contributed by atoms with Gasteiger partial charge in [-0.25, -0.2) is 0 Å². The summed E-state index contributed by atoms with van der Waals surface area (Å²) >= 11 is 0. The van der Waals surface area contributed by atoms with Gasteiger partial charge in [-0.05, 0) is 20.5 Å². The van der Waals surface area contributed by atoms with Crippen LogP contribution in [0.15, 0.2) is 0 Å². The Kier molecular flexibility index (Phi) is 11.9. The Hall–Kier alpha value is -0.0800. The Morgan fingerprint density at radius 2 is 1.40 bits per heavy atom. The lowest BCUT2D eigenvalue weighted by molar-refractivity contribution is 0.114. The highest BCUT2D eigenvalue weighted by Gasteiger charge is 1.92. The second-order valence-electron chi connectivity index (χ2n) is 4.54. The van der Waals surface area contributed by atoms with Crippen LogP contribution in [0.1, 0.15) is 51.9 Å². The quantitative estimate of drug-likeness (QED) is 0.490. The third-order valence-corrected chi connectivity index (χ3v) is 2.58. The Morgan fingerprint density at radius 3 is 2.00 bits per heavy atom. The Bertz CT molecular complexity index is 115. The van der Waals surface area contributed by atoms with Gasteiger partial charge in [0, 0.05) is 13.2 Å². The van der Waals surface area contributed by atoms with E-state index in [1.807, 2.05) is 0 Å². The van der Waals surface area contributed by atoms with E-state index in [2.05, 4.69) is 25.9 Å². The fraction of sp³-hybridized carbons (Fsp3) is 1.00. The van der Waals surface area contributed by atoms with Gasteiger partial charge >= 0.3 is 0 Å². The zero-order valence-electron chi connectivity index (χ0n) is 10.9. The Morgan fingerprint density at radius 1 is 0.800 bits per heavy atom. The third kappa shape index (κ3) is 13.9. The fourth-order valence-electron chi connectivity index (χ4n) is 1.51. The Labute approximate surface area is 96.0 Å². The lowest BCUT2D eigenvalue weighted by Crippen LogP contribution is -2.18. The van der Waals surface area contributed by atoms with Crippen molar-refractivity contribution in [2.75, 3.05) is 33.9 Å². The van der Waals surface area contributed by atoms with Gasteiger partial charge in [-0.1, -0.05) is 45.4 Å². The molecule has 0 aromatic carbocycles. The van der Waals surface area contributed by atoms with Gasteiger partial charge in [0.1, 0.15) is 0 Å². The first-order valence-corrected chi connectivity index (χ1v) is 6.50. The van der Waals surface area contributed by atoms with Gasteiger partial charge in [0.2, 0.25) is 0 Å². The van der Waals surface area contributed by atoms with Crippen molar-refractivity contribution in [1.82, 2.24) is 4.90 Å². The van der Waals surface area contributed by atoms with E-state index in [0.717, 1.165) is 19.8 Å². The molecule has 2 heteroatoms. The molecule has 0 unspecified atom stereocenters. The number of hydrogen-bond acceptors (Lipinski definition) is 2. The molecule has 0 bridgehead atoms. The molecule has 92 valence electrons. The molecular formula is C13H29NO. The second-order valence-corrected chi connectivity index (χ2v) is 4.54. The summed E-state index contributed by atoms with van der Waals surface area (Å²) in [5, 5.41) is 0. The summed E-state index contributed by atoms with van der Waals surface area (Å²) in [6.07, 6.45) is 9.53. The van der Waals surface area contributed by atoms with Crippen LogP contribution in [0.25, 0.3) is 0 Å². The molecule has 0 aliphatic rings. The van der Waals surface area contributed by atoms with Gasteiger partial charge in [0.15, 0.2) is 0 Å². The van der Waals surface area contributed by atoms with Crippen LogP contribution in [0, 0.1) is 0 Å². The van der Waals surface area contributed by atoms with Crippen molar-refractivity contribution in [3.63, 3.8) is 0 Å². The normalized spacial score (nSPS) is 11.2. The molecule has 0 N–H and O–H groups in total. The van der Waals surface area contributed by atoms with E-state index in [4.69, 9.17) is 4.74 Å². The largest absolute Gasteiger partial charge is 0.380 e. The fourth-order valence-corrected chi connectivity index (χ4v) is 1.51. The minimum atomic E-state index is 0.878. The zero-order chi connectivity index (χ0) is 11.4. The van der Waals surface area contributed by atoms with E-state index in [-0.39, 0.29) is 0 Å². The predicted molar refractivity (Wildman–Crippen MR) is 67.4 cm³/mol. The summed E-state index contributed by atoms with van der Waals surface area (Å²) in [6.45, 7) is 5.12. The molecule has 0 saturated carbocycles. The number of ether oxygens (including phenoxy) is 1. The predicted octanol–water partition coefficient (Wildman–Crippen LogP) is 3.32. The molecule has 0 heterocycles. The average molecular weight is 215 g/mol. The smallest absolute Gasteiger partial charge is 0.0593 e. The molecule has 0 rings (SSSR count). The molecule has 0 aliphatic carbocycles. The van der Waals surface area contributed by atoms with Crippen LogP contribution in [-0.4, -0.2) is 38.8 Å². The van der Waals surface area contributed by atoms with Gasteiger partial charge < -0.3 is 9.64 Å². The highest BCUT2D eigenvalue weighted by molar-refractivity contribution is 4.45. The molecule has 0 spiro atoms. The molecular weight excluding hydrogens is 186 g/mol. The molecule has 0 radical (unpaired) electrons. The highest BCUT2D eigenvalue weighted by Crippen LogP contribution is 2.06. The van der Waals surface area contributed by atoms with Gasteiger partial charge in [0.05, 0.1) is 6.61 Å². The van der Waals surface area contributed by atoms with E-state index < -0.39 is 0 Å². The average Bonchev–Trinajstić information content (AvgIpc) is 2.20. The van der Waals surface area contributed by atoms with E-state index >= 15 is 0 Å². The van der Waals surface area contributed by atoms with Crippen molar-refractivity contribution in [3.05, 3.63) is 0 Å². The van der Waals surface area contributed by atoms with E-state index in [9.17, 15) is 0 Å². The first kappa shape index (κ1) is 14.9. The standard InChI is InChI=1S/C13H29NO/c1-4-5-6-7-8-9-10-12-15-13-11-14(2)3/h4-13H2,1-3H3. The maximum atomic E-state index is 5.53. The summed E-state index contributed by atoms with van der Waals surface area (Å²) in [6, 6.07) is 0. The van der Waals surface area contributed by atoms with Crippen LogP contribution in [-0.2, 0) is 4.74 Å². The van der Waals surface area contributed by atoms with Crippen molar-refractivity contribution in [2.24, 2.45) is 0 Å². The van der Waals surface area contributed by atoms with Crippen LogP contribution in [0.3, 0.4) is 0 Å². The minimum Gasteiger partial charge on any atom is -0.380 e. The summed E-state index contributed by atoms with van der Waals surface area (Å²) in [4.78, 5) is 2.16. The molecule has 0 saturated heterocycles. The number of unbranched alkanes of at least 4 members (excludes halogenated alkanes) is 6. The van der Waals surface area contributed by atoms with E-state index in [1.165, 1.54) is 44.9 Å². The number of hydrogen-bond donors (Lipinski definition) is 0. The van der Waals surface area contributed by atoms with E-state index in [1.54, 1.807) is 0 Å². The van der Waals surface area contributed by atoms with Crippen molar-refractivity contribution < 1.29 is 4.74 Å². The second kappa shape index (κ2) is 12.0. The Balaban J connectivity index is 2.87. The van der Waals surface area contributed by atoms with Crippen molar-refractivity contribution in [1.29, 1.82) is 0 Å². The molecule has 0 aliphatic heterocycles. The van der Waals surface area contributed by atoms with Gasteiger partial charge in [-0.3, -0.25) is 0 Å². The molecule has 0 amide bonds. The number of rotatable bonds is 11. The van der Waals surface area contributed by atoms with Crippen LogP contribution in [0.4, 0.5) is 0 Å². The summed E-state index contributed by atoms with van der Waals surface area (Å²) in [5.41, 5.74) is 0. The molecule has 0 aromatic heterocycles. The molecule has 0 aromatic rings. The lowest BCUT2D eigenvalue weighted by atomic mass is 10.1. The molecule has 15 heavy (non-hydrogen) atoms. The van der Waals surface area contributed by atoms with E-state index in [0.29, 0.717) is 0 Å².